The average Bonchev–Trinajstić information content (AvgIpc) is 3.52. The van der Waals surface area contributed by atoms with E-state index in [-0.39, 0.29) is 5.91 Å². The molecule has 0 unspecified atom stereocenters. The number of amides is 1. The van der Waals surface area contributed by atoms with E-state index in [1.165, 1.54) is 0 Å². The number of aromatic amines is 2. The minimum Gasteiger partial charge on any atom is -0.324 e. The summed E-state index contributed by atoms with van der Waals surface area (Å²) in [6.07, 6.45) is 10.4. The number of imidazole rings is 1. The van der Waals surface area contributed by atoms with E-state index >= 15 is 0 Å². The largest absolute Gasteiger partial charge is 0.324 e. The van der Waals surface area contributed by atoms with Crippen LogP contribution >= 0.6 is 0 Å². The van der Waals surface area contributed by atoms with E-state index in [9.17, 15) is 4.79 Å². The molecule has 3 N–H and O–H groups in total. The summed E-state index contributed by atoms with van der Waals surface area (Å²) < 4.78 is 0. The average molecular weight is 490 g/mol. The van der Waals surface area contributed by atoms with Crippen LogP contribution in [-0.2, 0) is 4.79 Å². The Balaban J connectivity index is 1.40. The van der Waals surface area contributed by atoms with Crippen LogP contribution in [0, 0.1) is 5.41 Å². The highest BCUT2D eigenvalue weighted by atomic mass is 16.2. The SMILES string of the molecule is CC(C)(C)C(=O)Nc1cncc(-c2cnc3[nH]nc(-c4nc5c(-c6ccncc6)ccnc5[nH]4)c3c2)c1. The third-order valence-corrected chi connectivity index (χ3v) is 6.03. The maximum Gasteiger partial charge on any atom is 0.229 e. The van der Waals surface area contributed by atoms with Crippen molar-refractivity contribution in [2.24, 2.45) is 5.41 Å². The summed E-state index contributed by atoms with van der Waals surface area (Å²) in [5.41, 5.74) is 6.39. The van der Waals surface area contributed by atoms with Gasteiger partial charge in [-0.15, -0.1) is 0 Å². The van der Waals surface area contributed by atoms with Gasteiger partial charge in [0.05, 0.1) is 17.3 Å². The molecule has 37 heavy (non-hydrogen) atoms. The summed E-state index contributed by atoms with van der Waals surface area (Å²) >= 11 is 0. The molecule has 0 bridgehead atoms. The summed E-state index contributed by atoms with van der Waals surface area (Å²) in [4.78, 5) is 38.0. The molecule has 0 aliphatic rings. The Morgan fingerprint density at radius 1 is 0.865 bits per heavy atom. The predicted octanol–water partition coefficient (Wildman–Crippen LogP) is 5.00. The van der Waals surface area contributed by atoms with Crippen molar-refractivity contribution in [3.8, 4) is 33.8 Å². The van der Waals surface area contributed by atoms with Gasteiger partial charge in [0.15, 0.2) is 17.1 Å². The molecule has 0 aliphatic heterocycles. The van der Waals surface area contributed by atoms with Crippen LogP contribution in [0.15, 0.2) is 67.5 Å². The molecule has 0 atom stereocenters. The lowest BCUT2D eigenvalue weighted by Gasteiger charge is -2.17. The van der Waals surface area contributed by atoms with Crippen molar-refractivity contribution >= 4 is 33.8 Å². The van der Waals surface area contributed by atoms with Crippen molar-refractivity contribution in [1.29, 1.82) is 0 Å². The number of carbonyl (C=O) groups excluding carboxylic acids is 1. The monoisotopic (exact) mass is 489 g/mol. The zero-order chi connectivity index (χ0) is 25.6. The Kier molecular flexibility index (Phi) is 5.22. The molecule has 1 amide bonds. The lowest BCUT2D eigenvalue weighted by molar-refractivity contribution is -0.123. The summed E-state index contributed by atoms with van der Waals surface area (Å²) in [5, 5.41) is 11.2. The molecular formula is C27H23N9O. The van der Waals surface area contributed by atoms with Gasteiger partial charge in [-0.3, -0.25) is 19.9 Å². The van der Waals surface area contributed by atoms with Crippen LogP contribution in [0.5, 0.6) is 0 Å². The van der Waals surface area contributed by atoms with Crippen molar-refractivity contribution in [2.45, 2.75) is 20.8 Å². The van der Waals surface area contributed by atoms with Gasteiger partial charge in [-0.2, -0.15) is 5.10 Å². The molecule has 182 valence electrons. The van der Waals surface area contributed by atoms with Crippen molar-refractivity contribution in [3.63, 3.8) is 0 Å². The van der Waals surface area contributed by atoms with Crippen LogP contribution in [0.3, 0.4) is 0 Å². The summed E-state index contributed by atoms with van der Waals surface area (Å²) in [6.45, 7) is 5.60. The van der Waals surface area contributed by atoms with Crippen molar-refractivity contribution in [2.75, 3.05) is 5.32 Å². The zero-order valence-corrected chi connectivity index (χ0v) is 20.4. The molecule has 0 aliphatic carbocycles. The molecule has 0 saturated carbocycles. The fraction of sp³-hybridized carbons (Fsp3) is 0.148. The van der Waals surface area contributed by atoms with E-state index in [4.69, 9.17) is 4.98 Å². The van der Waals surface area contributed by atoms with Gasteiger partial charge in [-0.05, 0) is 35.9 Å². The first-order valence-corrected chi connectivity index (χ1v) is 11.7. The van der Waals surface area contributed by atoms with Gasteiger partial charge in [0.1, 0.15) is 11.2 Å². The quantitative estimate of drug-likeness (QED) is 0.317. The van der Waals surface area contributed by atoms with Gasteiger partial charge in [-0.25, -0.2) is 15.0 Å². The number of fused-ring (bicyclic) bond motifs is 2. The van der Waals surface area contributed by atoms with E-state index in [0.717, 1.165) is 33.2 Å². The van der Waals surface area contributed by atoms with Gasteiger partial charge in [0, 0.05) is 53.1 Å². The highest BCUT2D eigenvalue weighted by Gasteiger charge is 2.21. The van der Waals surface area contributed by atoms with Gasteiger partial charge >= 0.3 is 0 Å². The first-order valence-electron chi connectivity index (χ1n) is 11.7. The standard InChI is InChI=1S/C27H23N9O/c1-27(2,3)26(37)32-18-10-16(12-29-14-18)17-11-20-22(35-36-23(20)31-13-17)25-33-21-19(6-9-30-24(21)34-25)15-4-7-28-8-5-15/h4-14H,1-3H3,(H,32,37)(H,30,33,34)(H,31,35,36). The smallest absolute Gasteiger partial charge is 0.229 e. The van der Waals surface area contributed by atoms with Crippen LogP contribution in [0.1, 0.15) is 20.8 Å². The van der Waals surface area contributed by atoms with Crippen LogP contribution in [0.4, 0.5) is 5.69 Å². The molecule has 6 rings (SSSR count). The number of carbonyl (C=O) groups is 1. The van der Waals surface area contributed by atoms with Crippen LogP contribution in [0.25, 0.3) is 56.0 Å². The number of H-pyrrole nitrogens is 2. The highest BCUT2D eigenvalue weighted by molar-refractivity contribution is 5.97. The van der Waals surface area contributed by atoms with Crippen LogP contribution < -0.4 is 5.32 Å². The maximum atomic E-state index is 12.4. The second-order valence-corrected chi connectivity index (χ2v) is 9.74. The number of pyridine rings is 4. The molecule has 6 heterocycles. The molecule has 0 fully saturated rings. The van der Waals surface area contributed by atoms with E-state index < -0.39 is 5.41 Å². The minimum atomic E-state index is -0.513. The van der Waals surface area contributed by atoms with Crippen LogP contribution in [0.2, 0.25) is 0 Å². The normalized spacial score (nSPS) is 11.8. The highest BCUT2D eigenvalue weighted by Crippen LogP contribution is 2.32. The fourth-order valence-corrected chi connectivity index (χ4v) is 4.01. The molecule has 10 nitrogen and oxygen atoms in total. The number of hydrogen-bond donors (Lipinski definition) is 3. The van der Waals surface area contributed by atoms with E-state index in [2.05, 4.69) is 40.4 Å². The number of nitrogens with one attached hydrogen (secondary N) is 3. The third-order valence-electron chi connectivity index (χ3n) is 6.03. The fourth-order valence-electron chi connectivity index (χ4n) is 4.01. The summed E-state index contributed by atoms with van der Waals surface area (Å²) in [6, 6.07) is 9.68. The van der Waals surface area contributed by atoms with Gasteiger partial charge in [0.2, 0.25) is 5.91 Å². The number of anilines is 1. The lowest BCUT2D eigenvalue weighted by Crippen LogP contribution is -2.27. The van der Waals surface area contributed by atoms with Crippen molar-refractivity contribution < 1.29 is 4.79 Å². The van der Waals surface area contributed by atoms with E-state index in [1.807, 2.05) is 51.1 Å². The number of rotatable bonds is 4. The first-order chi connectivity index (χ1) is 17.9. The lowest BCUT2D eigenvalue weighted by atomic mass is 9.95. The molecule has 0 saturated heterocycles. The second-order valence-electron chi connectivity index (χ2n) is 9.74. The summed E-state index contributed by atoms with van der Waals surface area (Å²) in [5.74, 6) is 0.500. The molecule has 0 radical (unpaired) electrons. The van der Waals surface area contributed by atoms with Crippen molar-refractivity contribution in [1.82, 2.24) is 40.1 Å². The molecule has 10 heteroatoms. The predicted molar refractivity (Wildman–Crippen MR) is 141 cm³/mol. The molecular weight excluding hydrogens is 466 g/mol. The molecule has 6 aromatic rings. The number of aromatic nitrogens is 8. The Labute approximate surface area is 211 Å². The van der Waals surface area contributed by atoms with Crippen molar-refractivity contribution in [3.05, 3.63) is 67.5 Å². The van der Waals surface area contributed by atoms with Gasteiger partial charge in [-0.1, -0.05) is 20.8 Å². The molecule has 0 aromatic carbocycles. The van der Waals surface area contributed by atoms with Gasteiger partial charge < -0.3 is 10.3 Å². The number of nitrogens with zero attached hydrogens (tertiary/aromatic N) is 6. The van der Waals surface area contributed by atoms with E-state index in [1.54, 1.807) is 37.2 Å². The van der Waals surface area contributed by atoms with Gasteiger partial charge in [0.25, 0.3) is 0 Å². The Hall–Kier alpha value is -4.99. The topological polar surface area (TPSA) is 138 Å². The Morgan fingerprint density at radius 3 is 2.49 bits per heavy atom. The Morgan fingerprint density at radius 2 is 1.68 bits per heavy atom. The second kappa shape index (κ2) is 8.59. The third kappa shape index (κ3) is 4.18. The maximum absolute atomic E-state index is 12.4. The first kappa shape index (κ1) is 22.5. The van der Waals surface area contributed by atoms with E-state index in [0.29, 0.717) is 28.5 Å². The molecule has 6 aromatic heterocycles. The molecule has 0 spiro atoms. The zero-order valence-electron chi connectivity index (χ0n) is 20.4. The number of hydrogen-bond acceptors (Lipinski definition) is 7. The minimum absolute atomic E-state index is 0.0817. The van der Waals surface area contributed by atoms with Crippen LogP contribution in [-0.4, -0.2) is 46.0 Å². The summed E-state index contributed by atoms with van der Waals surface area (Å²) in [7, 11) is 0. The Bertz CT molecular complexity index is 1760.